The number of aliphatic carboxylic acids is 1. The number of aryl methyl sites for hydroxylation is 1. The van der Waals surface area contributed by atoms with Crippen molar-refractivity contribution >= 4 is 33.4 Å². The lowest BCUT2D eigenvalue weighted by Crippen LogP contribution is -2.57. The molecule has 0 spiro atoms. The lowest BCUT2D eigenvalue weighted by molar-refractivity contribution is -0.233. The van der Waals surface area contributed by atoms with E-state index in [0.29, 0.717) is 0 Å². The first-order valence-corrected chi connectivity index (χ1v) is 17.0. The van der Waals surface area contributed by atoms with Crippen LogP contribution in [0.5, 0.6) is 0 Å². The van der Waals surface area contributed by atoms with Gasteiger partial charge in [-0.05, 0) is 92.5 Å². The largest absolute Gasteiger partial charge is 0.480 e. The molecule has 2 aliphatic heterocycles. The molecule has 3 heterocycles. The van der Waals surface area contributed by atoms with Crippen molar-refractivity contribution in [2.24, 2.45) is 5.41 Å². The molecule has 0 atom stereocenters. The van der Waals surface area contributed by atoms with Gasteiger partial charge in [0.15, 0.2) is 0 Å². The third kappa shape index (κ3) is 8.58. The summed E-state index contributed by atoms with van der Waals surface area (Å²) in [7, 11) is 0. The number of rotatable bonds is 9. The smallest absolute Gasteiger partial charge is 0.403 e. The average Bonchev–Trinajstić information content (AvgIpc) is 3.10. The van der Waals surface area contributed by atoms with Crippen LogP contribution in [-0.2, 0) is 16.0 Å². The van der Waals surface area contributed by atoms with Crippen molar-refractivity contribution in [2.45, 2.75) is 58.1 Å². The van der Waals surface area contributed by atoms with Crippen LogP contribution in [0.25, 0.3) is 32.8 Å². The van der Waals surface area contributed by atoms with Crippen LogP contribution in [0, 0.1) is 12.3 Å². The monoisotopic (exact) mass is 698 g/mol. The van der Waals surface area contributed by atoms with Crippen LogP contribution < -0.4 is 5.32 Å². The molecule has 268 valence electrons. The maximum absolute atomic E-state index is 13.2. The van der Waals surface area contributed by atoms with Crippen LogP contribution in [0.3, 0.4) is 0 Å². The number of carbonyl (C=O) groups excluding carboxylic acids is 1. The molecular weight excluding hydrogens is 655 g/mol. The fourth-order valence-electron chi connectivity index (χ4n) is 7.08. The molecule has 12 heteroatoms. The predicted octanol–water partition coefficient (Wildman–Crippen LogP) is 7.49. The predicted molar refractivity (Wildman–Crippen MR) is 184 cm³/mol. The van der Waals surface area contributed by atoms with Crippen molar-refractivity contribution in [3.05, 3.63) is 78.0 Å². The first kappa shape index (κ1) is 37.1. The number of carboxylic acids is 1. The van der Waals surface area contributed by atoms with Gasteiger partial charge in [0, 0.05) is 23.7 Å². The number of pyridine rings is 1. The molecule has 2 saturated heterocycles. The van der Waals surface area contributed by atoms with Crippen molar-refractivity contribution in [2.75, 3.05) is 45.8 Å². The number of aromatic nitrogens is 1. The Bertz CT molecular complexity index is 1780. The van der Waals surface area contributed by atoms with E-state index in [9.17, 15) is 31.5 Å². The number of halogens is 5. The molecule has 0 saturated carbocycles. The quantitative estimate of drug-likeness (QED) is 0.176. The lowest BCUT2D eigenvalue weighted by Gasteiger charge is -2.41. The van der Waals surface area contributed by atoms with Gasteiger partial charge in [-0.25, -0.2) is 8.78 Å². The number of piperidine rings is 2. The summed E-state index contributed by atoms with van der Waals surface area (Å²) < 4.78 is 64.0. The zero-order valence-electron chi connectivity index (χ0n) is 28.1. The third-order valence-electron chi connectivity index (χ3n) is 9.90. The second kappa shape index (κ2) is 16.2. The Morgan fingerprint density at radius 2 is 1.50 bits per heavy atom. The Kier molecular flexibility index (Phi) is 12.1. The summed E-state index contributed by atoms with van der Waals surface area (Å²) in [6.45, 7) is 3.65. The van der Waals surface area contributed by atoms with Gasteiger partial charge in [0.2, 0.25) is 5.91 Å². The van der Waals surface area contributed by atoms with Crippen molar-refractivity contribution < 1.29 is 36.6 Å². The molecule has 2 N–H and O–H groups in total. The fraction of sp³-hybridized carbons (Fsp3) is 0.447. The summed E-state index contributed by atoms with van der Waals surface area (Å²) >= 11 is 0. The highest BCUT2D eigenvalue weighted by atomic mass is 19.4. The zero-order chi connectivity index (χ0) is 35.9. The topological polar surface area (TPSA) is 85.8 Å². The Balaban J connectivity index is 0.000000207. The first-order valence-electron chi connectivity index (χ1n) is 17.0. The summed E-state index contributed by atoms with van der Waals surface area (Å²) in [5.41, 5.74) is 2.28. The van der Waals surface area contributed by atoms with E-state index >= 15 is 0 Å². The lowest BCUT2D eigenvalue weighted by atomic mass is 9.76. The molecule has 1 amide bonds. The van der Waals surface area contributed by atoms with E-state index in [1.807, 2.05) is 0 Å². The number of nitrogens with zero attached hydrogens (tertiary/aromatic N) is 3. The molecule has 0 bridgehead atoms. The second-order valence-corrected chi connectivity index (χ2v) is 13.2. The molecule has 2 fully saturated rings. The van der Waals surface area contributed by atoms with Crippen LogP contribution in [0.4, 0.5) is 22.0 Å². The molecule has 50 heavy (non-hydrogen) atoms. The first-order chi connectivity index (χ1) is 23.9. The average molecular weight is 699 g/mol. The summed E-state index contributed by atoms with van der Waals surface area (Å²) in [6.07, 6.45) is -1.60. The summed E-state index contributed by atoms with van der Waals surface area (Å²) in [5.74, 6) is -2.88. The third-order valence-corrected chi connectivity index (χ3v) is 9.90. The van der Waals surface area contributed by atoms with Crippen LogP contribution in [0.2, 0.25) is 0 Å². The van der Waals surface area contributed by atoms with Gasteiger partial charge in [0.1, 0.15) is 12.0 Å². The van der Waals surface area contributed by atoms with E-state index in [2.05, 4.69) is 78.7 Å². The molecule has 7 nitrogen and oxygen atoms in total. The van der Waals surface area contributed by atoms with Gasteiger partial charge in [-0.1, -0.05) is 67.1 Å². The standard InChI is InChI=1S/C27H28N2.C11H15F5N2O3/c1-20-9-7-13-24-22(20)12-8-14-26(24)27-25-11-4-3-10-23(25)21(19-28-27)15-18-29-16-5-2-6-17-29;12-7(13)6-18-3-1-10(2-4-18,11(14,15)16)9(21)17-5-8(19)20/h3-4,7-14,19H,2,5-6,15-18H2,1H3;7H,1-6H2,(H,17,21)(H,19,20). The van der Waals surface area contributed by atoms with E-state index in [1.165, 1.54) is 70.6 Å². The number of hydrogen-bond donors (Lipinski definition) is 2. The highest BCUT2D eigenvalue weighted by Gasteiger charge is 2.60. The Morgan fingerprint density at radius 1 is 0.860 bits per heavy atom. The van der Waals surface area contributed by atoms with Crippen molar-refractivity contribution in [3.8, 4) is 11.3 Å². The van der Waals surface area contributed by atoms with Crippen molar-refractivity contribution in [1.82, 2.24) is 20.1 Å². The molecule has 4 aromatic rings. The number of nitrogens with one attached hydrogen (secondary N) is 1. The molecule has 6 rings (SSSR count). The van der Waals surface area contributed by atoms with Gasteiger partial charge in [-0.2, -0.15) is 13.2 Å². The maximum Gasteiger partial charge on any atom is 0.403 e. The summed E-state index contributed by atoms with van der Waals surface area (Å²) in [4.78, 5) is 30.8. The fourth-order valence-corrected chi connectivity index (χ4v) is 7.08. The van der Waals surface area contributed by atoms with E-state index < -0.39 is 55.8 Å². The van der Waals surface area contributed by atoms with Crippen LogP contribution in [-0.4, -0.2) is 90.2 Å². The molecule has 2 aliphatic rings. The van der Waals surface area contributed by atoms with E-state index in [1.54, 1.807) is 5.32 Å². The van der Waals surface area contributed by atoms with Gasteiger partial charge in [0.25, 0.3) is 6.43 Å². The van der Waals surface area contributed by atoms with Gasteiger partial charge in [-0.15, -0.1) is 0 Å². The summed E-state index contributed by atoms with van der Waals surface area (Å²) in [5, 5.41) is 15.3. The van der Waals surface area contributed by atoms with Crippen LogP contribution in [0.15, 0.2) is 66.9 Å². The molecule has 3 aromatic carbocycles. The minimum atomic E-state index is -4.87. The van der Waals surface area contributed by atoms with Gasteiger partial charge in [0.05, 0.1) is 12.2 Å². The molecule has 0 aliphatic carbocycles. The van der Waals surface area contributed by atoms with Crippen molar-refractivity contribution in [1.29, 1.82) is 0 Å². The van der Waals surface area contributed by atoms with E-state index in [0.717, 1.165) is 23.6 Å². The van der Waals surface area contributed by atoms with Gasteiger partial charge in [-0.3, -0.25) is 19.5 Å². The van der Waals surface area contributed by atoms with E-state index in [-0.39, 0.29) is 13.1 Å². The molecule has 1 aromatic heterocycles. The Morgan fingerprint density at radius 3 is 2.16 bits per heavy atom. The Labute approximate surface area is 288 Å². The number of carboxylic acid groups (broad SMARTS) is 1. The summed E-state index contributed by atoms with van der Waals surface area (Å²) in [6, 6.07) is 21.9. The number of alkyl halides is 5. The molecule has 0 unspecified atom stereocenters. The second-order valence-electron chi connectivity index (χ2n) is 13.2. The normalized spacial score (nSPS) is 17.0. The molecular formula is C38H43F5N4O3. The molecule has 0 radical (unpaired) electrons. The highest BCUT2D eigenvalue weighted by molar-refractivity contribution is 6.05. The SMILES string of the molecule is Cc1cccc2c(-c3ncc(CCN4CCCCC4)c4ccccc34)cccc12.O=C(O)CNC(=O)C1(C(F)(F)F)CCN(CC(F)F)CC1. The van der Waals surface area contributed by atoms with Gasteiger partial charge >= 0.3 is 12.1 Å². The Hall–Kier alpha value is -4.16. The maximum atomic E-state index is 13.2. The number of likely N-dealkylation sites (tertiary alicyclic amines) is 2. The zero-order valence-corrected chi connectivity index (χ0v) is 28.1. The number of amides is 1. The van der Waals surface area contributed by atoms with Crippen molar-refractivity contribution in [3.63, 3.8) is 0 Å². The van der Waals surface area contributed by atoms with Gasteiger partial charge < -0.3 is 15.3 Å². The highest BCUT2D eigenvalue weighted by Crippen LogP contribution is 2.46. The number of hydrogen-bond acceptors (Lipinski definition) is 5. The minimum Gasteiger partial charge on any atom is -0.480 e. The van der Waals surface area contributed by atoms with E-state index in [4.69, 9.17) is 10.1 Å². The number of carbonyl (C=O) groups is 2. The number of fused-ring (bicyclic) bond motifs is 2. The van der Waals surface area contributed by atoms with Crippen LogP contribution >= 0.6 is 0 Å². The minimum absolute atomic E-state index is 0.301. The van der Waals surface area contributed by atoms with Crippen LogP contribution in [0.1, 0.15) is 43.2 Å². The number of benzene rings is 3.